The molecule has 1 aromatic heterocycles. The van der Waals surface area contributed by atoms with Crippen LogP contribution in [0.25, 0.3) is 0 Å². The zero-order chi connectivity index (χ0) is 18.7. The first kappa shape index (κ1) is 18.3. The Kier molecular flexibility index (Phi) is 5.50. The minimum atomic E-state index is -0.630. The van der Waals surface area contributed by atoms with E-state index >= 15 is 0 Å². The molecule has 2 aromatic rings. The number of benzene rings is 1. The van der Waals surface area contributed by atoms with Gasteiger partial charge in [-0.3, -0.25) is 20.2 Å². The van der Waals surface area contributed by atoms with E-state index in [1.54, 1.807) is 6.92 Å². The summed E-state index contributed by atoms with van der Waals surface area (Å²) in [5, 5.41) is 30.7. The van der Waals surface area contributed by atoms with Gasteiger partial charge in [0.05, 0.1) is 15.9 Å². The number of aromatic nitrogens is 2. The minimum Gasteiger partial charge on any atom is -0.416 e. The third kappa shape index (κ3) is 4.01. The molecule has 1 aliphatic carbocycles. The summed E-state index contributed by atoms with van der Waals surface area (Å²) in [6.07, 6.45) is 5.64. The van der Waals surface area contributed by atoms with Gasteiger partial charge in [-0.15, -0.1) is 10.2 Å². The van der Waals surface area contributed by atoms with Gasteiger partial charge in [0.25, 0.3) is 16.6 Å². The van der Waals surface area contributed by atoms with Crippen molar-refractivity contribution in [1.29, 1.82) is 0 Å². The van der Waals surface area contributed by atoms with Crippen LogP contribution in [0.2, 0.25) is 0 Å². The molecule has 9 nitrogen and oxygen atoms in total. The minimum absolute atomic E-state index is 0.261. The molecule has 0 saturated heterocycles. The van der Waals surface area contributed by atoms with Crippen LogP contribution in [-0.2, 0) is 5.75 Å². The predicted molar refractivity (Wildman–Crippen MR) is 94.2 cm³/mol. The number of rotatable bonds is 6. The van der Waals surface area contributed by atoms with E-state index in [1.165, 1.54) is 24.2 Å². The number of hydrogen-bond acceptors (Lipinski definition) is 8. The van der Waals surface area contributed by atoms with Gasteiger partial charge in [-0.2, -0.15) is 0 Å². The first-order valence-electron chi connectivity index (χ1n) is 8.34. The molecule has 0 spiro atoms. The molecule has 1 heterocycles. The van der Waals surface area contributed by atoms with Crippen LogP contribution in [0.1, 0.15) is 55.0 Å². The smallest absolute Gasteiger partial charge is 0.279 e. The number of nitro groups is 2. The molecule has 0 aliphatic heterocycles. The van der Waals surface area contributed by atoms with E-state index < -0.39 is 9.85 Å². The number of nitro benzene ring substituents is 2. The van der Waals surface area contributed by atoms with Crippen LogP contribution >= 0.6 is 11.8 Å². The zero-order valence-electron chi connectivity index (χ0n) is 14.2. The highest BCUT2D eigenvalue weighted by Gasteiger charge is 2.23. The average molecular weight is 378 g/mol. The molecule has 1 fully saturated rings. The molecular formula is C16H18N4O5S. The summed E-state index contributed by atoms with van der Waals surface area (Å²) in [7, 11) is 0. The topological polar surface area (TPSA) is 125 Å². The molecule has 0 radical (unpaired) electrons. The maximum absolute atomic E-state index is 11.1. The van der Waals surface area contributed by atoms with Crippen molar-refractivity contribution in [3.8, 4) is 0 Å². The molecule has 3 rings (SSSR count). The van der Waals surface area contributed by atoms with Gasteiger partial charge in [0, 0.05) is 23.3 Å². The second kappa shape index (κ2) is 7.81. The van der Waals surface area contributed by atoms with Gasteiger partial charge >= 0.3 is 0 Å². The van der Waals surface area contributed by atoms with Crippen LogP contribution in [0.3, 0.4) is 0 Å². The first-order valence-corrected chi connectivity index (χ1v) is 9.32. The summed E-state index contributed by atoms with van der Waals surface area (Å²) in [6, 6.07) is 2.34. The monoisotopic (exact) mass is 378 g/mol. The number of nitrogens with zero attached hydrogens (tertiary/aromatic N) is 4. The van der Waals surface area contributed by atoms with Gasteiger partial charge in [0.1, 0.15) is 0 Å². The van der Waals surface area contributed by atoms with Crippen LogP contribution in [0, 0.1) is 27.2 Å². The van der Waals surface area contributed by atoms with Gasteiger partial charge < -0.3 is 4.42 Å². The van der Waals surface area contributed by atoms with Crippen molar-refractivity contribution in [1.82, 2.24) is 10.2 Å². The molecule has 1 aliphatic rings. The normalized spacial score (nSPS) is 15.1. The number of thioether (sulfide) groups is 1. The van der Waals surface area contributed by atoms with Crippen molar-refractivity contribution in [2.24, 2.45) is 0 Å². The van der Waals surface area contributed by atoms with Gasteiger partial charge in [-0.25, -0.2) is 0 Å². The lowest BCUT2D eigenvalue weighted by Gasteiger charge is -2.17. The SMILES string of the molecule is Cc1c(CSc2nnc(C3CCCCC3)o2)cc([N+](=O)[O-])cc1[N+](=O)[O-]. The Morgan fingerprint density at radius 3 is 2.54 bits per heavy atom. The first-order chi connectivity index (χ1) is 12.5. The standard InChI is InChI=1S/C16H18N4O5S/c1-10-12(7-13(19(21)22)8-14(10)20(23)24)9-26-16-18-17-15(25-16)11-5-3-2-4-6-11/h7-8,11H,2-6,9H2,1H3. The summed E-state index contributed by atoms with van der Waals surface area (Å²) >= 11 is 1.23. The molecule has 26 heavy (non-hydrogen) atoms. The molecule has 0 bridgehead atoms. The van der Waals surface area contributed by atoms with Gasteiger partial charge in [0.15, 0.2) is 0 Å². The van der Waals surface area contributed by atoms with Crippen LogP contribution in [0.5, 0.6) is 0 Å². The largest absolute Gasteiger partial charge is 0.416 e. The van der Waals surface area contributed by atoms with E-state index in [-0.39, 0.29) is 17.1 Å². The lowest BCUT2D eigenvalue weighted by Crippen LogP contribution is -2.04. The second-order valence-corrected chi connectivity index (χ2v) is 7.22. The van der Waals surface area contributed by atoms with E-state index in [0.29, 0.717) is 28.2 Å². The van der Waals surface area contributed by atoms with Gasteiger partial charge in [0.2, 0.25) is 5.89 Å². The summed E-state index contributed by atoms with van der Waals surface area (Å²) in [6.45, 7) is 1.58. The van der Waals surface area contributed by atoms with Crippen molar-refractivity contribution < 1.29 is 14.3 Å². The van der Waals surface area contributed by atoms with E-state index in [9.17, 15) is 20.2 Å². The fourth-order valence-electron chi connectivity index (χ4n) is 3.12. The number of hydrogen-bond donors (Lipinski definition) is 0. The van der Waals surface area contributed by atoms with Crippen LogP contribution in [0.15, 0.2) is 21.8 Å². The quantitative estimate of drug-likeness (QED) is 0.407. The molecule has 138 valence electrons. The van der Waals surface area contributed by atoms with Crippen molar-refractivity contribution in [2.75, 3.05) is 0 Å². The molecule has 0 amide bonds. The Labute approximate surface area is 153 Å². The second-order valence-electron chi connectivity index (χ2n) is 6.29. The van der Waals surface area contributed by atoms with E-state index in [4.69, 9.17) is 4.42 Å². The average Bonchev–Trinajstić information content (AvgIpc) is 3.10. The Balaban J connectivity index is 1.76. The molecular weight excluding hydrogens is 360 g/mol. The Hall–Kier alpha value is -2.49. The summed E-state index contributed by atoms with van der Waals surface area (Å²) < 4.78 is 5.71. The fourth-order valence-corrected chi connectivity index (χ4v) is 3.94. The maximum atomic E-state index is 11.1. The maximum Gasteiger partial charge on any atom is 0.279 e. The summed E-state index contributed by atoms with van der Waals surface area (Å²) in [5.41, 5.74) is 0.350. The lowest BCUT2D eigenvalue weighted by molar-refractivity contribution is -0.394. The highest BCUT2D eigenvalue weighted by molar-refractivity contribution is 7.98. The molecule has 1 saturated carbocycles. The highest BCUT2D eigenvalue weighted by atomic mass is 32.2. The van der Waals surface area contributed by atoms with Crippen molar-refractivity contribution in [3.63, 3.8) is 0 Å². The van der Waals surface area contributed by atoms with E-state index in [2.05, 4.69) is 10.2 Å². The van der Waals surface area contributed by atoms with Crippen LogP contribution in [0.4, 0.5) is 11.4 Å². The molecule has 0 unspecified atom stereocenters. The third-order valence-electron chi connectivity index (χ3n) is 4.61. The molecule has 0 atom stereocenters. The third-order valence-corrected chi connectivity index (χ3v) is 5.48. The van der Waals surface area contributed by atoms with Crippen molar-refractivity contribution in [3.05, 3.63) is 49.4 Å². The Morgan fingerprint density at radius 2 is 1.88 bits per heavy atom. The fraction of sp³-hybridized carbons (Fsp3) is 0.500. The van der Waals surface area contributed by atoms with Gasteiger partial charge in [-0.1, -0.05) is 31.0 Å². The van der Waals surface area contributed by atoms with Crippen molar-refractivity contribution >= 4 is 23.1 Å². The summed E-state index contributed by atoms with van der Waals surface area (Å²) in [4.78, 5) is 20.9. The van der Waals surface area contributed by atoms with E-state index in [1.807, 2.05) is 0 Å². The molecule has 10 heteroatoms. The highest BCUT2D eigenvalue weighted by Crippen LogP contribution is 2.35. The predicted octanol–water partition coefficient (Wildman–Crippen LogP) is 4.53. The Bertz CT molecular complexity index is 832. The van der Waals surface area contributed by atoms with Crippen LogP contribution in [-0.4, -0.2) is 20.0 Å². The lowest BCUT2D eigenvalue weighted by atomic mass is 9.89. The van der Waals surface area contributed by atoms with Crippen LogP contribution < -0.4 is 0 Å². The Morgan fingerprint density at radius 1 is 1.15 bits per heavy atom. The molecule has 0 N–H and O–H groups in total. The van der Waals surface area contributed by atoms with Gasteiger partial charge in [-0.05, 0) is 25.3 Å². The molecule has 1 aromatic carbocycles. The zero-order valence-corrected chi connectivity index (χ0v) is 15.0. The summed E-state index contributed by atoms with van der Waals surface area (Å²) in [5.74, 6) is 1.21. The van der Waals surface area contributed by atoms with E-state index in [0.717, 1.165) is 31.7 Å². The number of non-ortho nitro benzene ring substituents is 1. The van der Waals surface area contributed by atoms with Crippen molar-refractivity contribution in [2.45, 2.75) is 55.9 Å².